The molecule has 20 heavy (non-hydrogen) atoms. The van der Waals surface area contributed by atoms with Crippen molar-refractivity contribution in [2.75, 3.05) is 19.8 Å². The predicted molar refractivity (Wildman–Crippen MR) is 74.5 cm³/mol. The van der Waals surface area contributed by atoms with Crippen molar-refractivity contribution in [3.8, 4) is 0 Å². The van der Waals surface area contributed by atoms with Crippen LogP contribution in [0.4, 0.5) is 0 Å². The van der Waals surface area contributed by atoms with Gasteiger partial charge in [-0.1, -0.05) is 24.3 Å². The Morgan fingerprint density at radius 2 is 1.90 bits per heavy atom. The third kappa shape index (κ3) is 4.30. The summed E-state index contributed by atoms with van der Waals surface area (Å²) >= 11 is 0. The predicted octanol–water partition coefficient (Wildman–Crippen LogP) is 0.945. The van der Waals surface area contributed by atoms with Crippen LogP contribution in [0.1, 0.15) is 24.0 Å². The monoisotopic (exact) mass is 279 g/mol. The van der Waals surface area contributed by atoms with Crippen LogP contribution in [0.25, 0.3) is 0 Å². The van der Waals surface area contributed by atoms with E-state index < -0.39 is 11.6 Å². The molecule has 1 heterocycles. The third-order valence-corrected chi connectivity index (χ3v) is 3.65. The largest absolute Gasteiger partial charge is 0.481 e. The lowest BCUT2D eigenvalue weighted by molar-refractivity contribution is -0.136. The summed E-state index contributed by atoms with van der Waals surface area (Å²) in [4.78, 5) is 10.8. The molecule has 0 amide bonds. The van der Waals surface area contributed by atoms with Gasteiger partial charge in [0.25, 0.3) is 0 Å². The Labute approximate surface area is 118 Å². The van der Waals surface area contributed by atoms with E-state index >= 15 is 0 Å². The minimum Gasteiger partial charge on any atom is -0.481 e. The zero-order valence-electron chi connectivity index (χ0n) is 11.5. The van der Waals surface area contributed by atoms with Crippen molar-refractivity contribution >= 4 is 5.97 Å². The van der Waals surface area contributed by atoms with Crippen LogP contribution in [0.3, 0.4) is 0 Å². The average molecular weight is 279 g/mol. The third-order valence-electron chi connectivity index (χ3n) is 3.65. The first-order valence-electron chi connectivity index (χ1n) is 6.88. The molecule has 2 rings (SSSR count). The highest BCUT2D eigenvalue weighted by molar-refractivity contribution is 5.70. The molecule has 1 fully saturated rings. The van der Waals surface area contributed by atoms with Crippen molar-refractivity contribution in [3.05, 3.63) is 35.4 Å². The number of nitrogens with one attached hydrogen (secondary N) is 1. The van der Waals surface area contributed by atoms with E-state index in [0.717, 1.165) is 11.1 Å². The maximum Gasteiger partial charge on any atom is 0.307 e. The molecule has 0 saturated carbocycles. The Morgan fingerprint density at radius 3 is 2.55 bits per heavy atom. The van der Waals surface area contributed by atoms with Gasteiger partial charge in [0.2, 0.25) is 0 Å². The molecule has 1 aliphatic heterocycles. The fourth-order valence-corrected chi connectivity index (χ4v) is 2.42. The fourth-order valence-electron chi connectivity index (χ4n) is 2.42. The molecule has 3 N–H and O–H groups in total. The fraction of sp³-hybridized carbons (Fsp3) is 0.533. The second-order valence-electron chi connectivity index (χ2n) is 5.28. The minimum atomic E-state index is -0.833. The van der Waals surface area contributed by atoms with E-state index in [4.69, 9.17) is 9.84 Å². The number of aliphatic hydroxyl groups is 1. The Morgan fingerprint density at radius 1 is 1.25 bits per heavy atom. The highest BCUT2D eigenvalue weighted by atomic mass is 16.5. The average Bonchev–Trinajstić information content (AvgIpc) is 2.41. The van der Waals surface area contributed by atoms with Crippen LogP contribution in [0.5, 0.6) is 0 Å². The van der Waals surface area contributed by atoms with Gasteiger partial charge in [-0.3, -0.25) is 4.79 Å². The van der Waals surface area contributed by atoms with Crippen LogP contribution >= 0.6 is 0 Å². The minimum absolute atomic E-state index is 0.0238. The zero-order chi connectivity index (χ0) is 14.4. The summed E-state index contributed by atoms with van der Waals surface area (Å²) in [6.07, 6.45) is 1.30. The molecule has 5 nitrogen and oxygen atoms in total. The summed E-state index contributed by atoms with van der Waals surface area (Å²) in [7, 11) is 0. The zero-order valence-corrected chi connectivity index (χ0v) is 11.5. The van der Waals surface area contributed by atoms with E-state index in [1.165, 1.54) is 0 Å². The molecule has 0 atom stereocenters. The van der Waals surface area contributed by atoms with Crippen LogP contribution in [0, 0.1) is 0 Å². The van der Waals surface area contributed by atoms with Crippen molar-refractivity contribution < 1.29 is 19.7 Å². The van der Waals surface area contributed by atoms with Gasteiger partial charge in [-0.05, 0) is 11.1 Å². The Balaban J connectivity index is 1.89. The van der Waals surface area contributed by atoms with E-state index in [2.05, 4.69) is 5.32 Å². The van der Waals surface area contributed by atoms with Crippen molar-refractivity contribution in [1.82, 2.24) is 5.32 Å². The van der Waals surface area contributed by atoms with Crippen LogP contribution in [0.2, 0.25) is 0 Å². The summed E-state index contributed by atoms with van der Waals surface area (Å²) in [6, 6.07) is 7.48. The Hall–Kier alpha value is -1.43. The van der Waals surface area contributed by atoms with Gasteiger partial charge in [0.15, 0.2) is 0 Å². The number of aliphatic carboxylic acids is 1. The van der Waals surface area contributed by atoms with E-state index in [0.29, 0.717) is 39.1 Å². The van der Waals surface area contributed by atoms with Crippen molar-refractivity contribution in [2.45, 2.75) is 31.4 Å². The number of benzene rings is 1. The molecule has 0 aliphatic carbocycles. The molecule has 0 bridgehead atoms. The van der Waals surface area contributed by atoms with Crippen molar-refractivity contribution in [3.63, 3.8) is 0 Å². The van der Waals surface area contributed by atoms with Gasteiger partial charge in [0.05, 0.1) is 12.0 Å². The highest BCUT2D eigenvalue weighted by Gasteiger charge is 2.29. The first kappa shape index (κ1) is 15.0. The number of carbonyl (C=O) groups is 1. The summed E-state index contributed by atoms with van der Waals surface area (Å²) in [5, 5.41) is 22.4. The second-order valence-corrected chi connectivity index (χ2v) is 5.28. The number of rotatable bonds is 6. The molecular weight excluding hydrogens is 258 g/mol. The van der Waals surface area contributed by atoms with Crippen LogP contribution in [-0.4, -0.2) is 41.5 Å². The van der Waals surface area contributed by atoms with Crippen molar-refractivity contribution in [2.24, 2.45) is 0 Å². The number of carboxylic acids is 1. The standard InChI is InChI=1S/C15H21NO4/c17-14(18)9-12-3-1-2-4-13(12)10-16-11-15(19)5-7-20-8-6-15/h1-4,16,19H,5-11H2,(H,17,18). The lowest BCUT2D eigenvalue weighted by atomic mass is 9.94. The molecule has 0 radical (unpaired) electrons. The lowest BCUT2D eigenvalue weighted by Crippen LogP contribution is -2.44. The quantitative estimate of drug-likeness (QED) is 0.722. The molecule has 110 valence electrons. The number of hydrogen-bond acceptors (Lipinski definition) is 4. The smallest absolute Gasteiger partial charge is 0.307 e. The number of hydrogen-bond donors (Lipinski definition) is 3. The molecule has 1 saturated heterocycles. The summed E-state index contributed by atoms with van der Waals surface area (Å²) < 4.78 is 5.24. The molecular formula is C15H21NO4. The second kappa shape index (κ2) is 6.83. The first-order chi connectivity index (χ1) is 9.59. The van der Waals surface area contributed by atoms with Gasteiger partial charge in [-0.2, -0.15) is 0 Å². The van der Waals surface area contributed by atoms with E-state index in [1.54, 1.807) is 0 Å². The lowest BCUT2D eigenvalue weighted by Gasteiger charge is -2.32. The van der Waals surface area contributed by atoms with Crippen LogP contribution in [-0.2, 0) is 22.5 Å². The molecule has 0 spiro atoms. The van der Waals surface area contributed by atoms with Crippen LogP contribution < -0.4 is 5.32 Å². The molecule has 1 aromatic rings. The number of ether oxygens (including phenoxy) is 1. The molecule has 1 aromatic carbocycles. The Bertz CT molecular complexity index is 455. The van der Waals surface area contributed by atoms with Crippen molar-refractivity contribution in [1.29, 1.82) is 0 Å². The Kier molecular flexibility index (Phi) is 5.11. The summed E-state index contributed by atoms with van der Waals surface area (Å²) in [5.41, 5.74) is 1.07. The highest BCUT2D eigenvalue weighted by Crippen LogP contribution is 2.19. The summed E-state index contributed by atoms with van der Waals surface area (Å²) in [5.74, 6) is -0.833. The van der Waals surface area contributed by atoms with E-state index in [9.17, 15) is 9.90 Å². The topological polar surface area (TPSA) is 78.8 Å². The van der Waals surface area contributed by atoms with Gasteiger partial charge < -0.3 is 20.3 Å². The molecule has 0 aromatic heterocycles. The SMILES string of the molecule is O=C(O)Cc1ccccc1CNCC1(O)CCOCC1. The molecule has 1 aliphatic rings. The molecule has 5 heteroatoms. The first-order valence-corrected chi connectivity index (χ1v) is 6.88. The van der Waals surface area contributed by atoms with Crippen LogP contribution in [0.15, 0.2) is 24.3 Å². The van der Waals surface area contributed by atoms with Gasteiger partial charge >= 0.3 is 5.97 Å². The number of carboxylic acid groups (broad SMARTS) is 1. The normalized spacial score (nSPS) is 17.9. The van der Waals surface area contributed by atoms with Gasteiger partial charge in [-0.25, -0.2) is 0 Å². The maximum absolute atomic E-state index is 10.8. The van der Waals surface area contributed by atoms with Gasteiger partial charge in [0.1, 0.15) is 0 Å². The summed E-state index contributed by atoms with van der Waals surface area (Å²) in [6.45, 7) is 2.24. The molecule has 0 unspecified atom stereocenters. The van der Waals surface area contributed by atoms with E-state index in [-0.39, 0.29) is 6.42 Å². The maximum atomic E-state index is 10.8. The van der Waals surface area contributed by atoms with E-state index in [1.807, 2.05) is 24.3 Å². The van der Waals surface area contributed by atoms with Gasteiger partial charge in [0, 0.05) is 39.1 Å². The van der Waals surface area contributed by atoms with Gasteiger partial charge in [-0.15, -0.1) is 0 Å².